The smallest absolute Gasteiger partial charge is 0.416 e. The van der Waals surface area contributed by atoms with Gasteiger partial charge in [-0.15, -0.1) is 0 Å². The maximum atomic E-state index is 13.2. The molecule has 3 aromatic carbocycles. The lowest BCUT2D eigenvalue weighted by Gasteiger charge is -2.30. The number of methoxy groups -OCH3 is 1. The number of rotatable bonds is 13. The third kappa shape index (κ3) is 8.59. The molecule has 0 radical (unpaired) electrons. The summed E-state index contributed by atoms with van der Waals surface area (Å²) >= 11 is 0. The summed E-state index contributed by atoms with van der Waals surface area (Å²) in [7, 11) is -2.53. The lowest BCUT2D eigenvalue weighted by molar-refractivity contribution is -0.146. The molecule has 0 spiro atoms. The molecule has 1 amide bonds. The lowest BCUT2D eigenvalue weighted by atomic mass is 9.92. The number of allylic oxidation sites excluding steroid dienone is 1. The molecule has 1 aliphatic heterocycles. The Bertz CT molecular complexity index is 1510. The average Bonchev–Trinajstić information content (AvgIpc) is 3.03. The van der Waals surface area contributed by atoms with Gasteiger partial charge in [0.2, 0.25) is 16.3 Å². The summed E-state index contributed by atoms with van der Waals surface area (Å²) in [6.07, 6.45) is -3.81. The first-order chi connectivity index (χ1) is 21.0. The number of nitrogens with zero attached hydrogens (tertiary/aromatic N) is 1. The highest BCUT2D eigenvalue weighted by Crippen LogP contribution is 2.34. The van der Waals surface area contributed by atoms with E-state index in [2.05, 4.69) is 5.32 Å². The van der Waals surface area contributed by atoms with E-state index in [4.69, 9.17) is 14.2 Å². The third-order valence-corrected chi connectivity index (χ3v) is 8.85. The van der Waals surface area contributed by atoms with Crippen LogP contribution in [0.25, 0.3) is 0 Å². The van der Waals surface area contributed by atoms with E-state index in [0.717, 1.165) is 22.0 Å². The Balaban J connectivity index is 1.48. The van der Waals surface area contributed by atoms with Crippen molar-refractivity contribution in [2.45, 2.75) is 36.2 Å². The molecule has 0 aromatic heterocycles. The summed E-state index contributed by atoms with van der Waals surface area (Å²) in [6, 6.07) is 19.6. The van der Waals surface area contributed by atoms with E-state index in [0.29, 0.717) is 11.3 Å². The quantitative estimate of drug-likeness (QED) is 0.286. The Morgan fingerprint density at radius 3 is 2.32 bits per heavy atom. The van der Waals surface area contributed by atoms with E-state index in [-0.39, 0.29) is 43.3 Å². The van der Waals surface area contributed by atoms with Gasteiger partial charge >= 0.3 is 6.18 Å². The van der Waals surface area contributed by atoms with Gasteiger partial charge in [-0.1, -0.05) is 42.5 Å². The fourth-order valence-electron chi connectivity index (χ4n) is 4.58. The Kier molecular flexibility index (Phi) is 11.0. The standard InChI is InChI=1S/C31H33F3N2O7S/c1-41-26-11-13-27(14-12-26)44(39,40)36(15-17-37)16-18-42-29-20-24(23-7-9-25(10-8-23)31(32,33)34)19-28(43-29)30(38)35-21-22-5-3-2-4-6-22/h2-14,19,24,29,37H,15-18,20-21H2,1H3,(H,35,38)/t24-,29+/m1/s1. The Morgan fingerprint density at radius 2 is 1.70 bits per heavy atom. The molecule has 2 N–H and O–H groups in total. The first kappa shape index (κ1) is 33.0. The van der Waals surface area contributed by atoms with Crippen molar-refractivity contribution in [2.24, 2.45) is 0 Å². The van der Waals surface area contributed by atoms with Crippen molar-refractivity contribution in [1.82, 2.24) is 9.62 Å². The lowest BCUT2D eigenvalue weighted by Crippen LogP contribution is -2.38. The molecule has 0 unspecified atom stereocenters. The number of nitrogens with one attached hydrogen (secondary N) is 1. The maximum absolute atomic E-state index is 13.2. The molecule has 1 heterocycles. The molecule has 44 heavy (non-hydrogen) atoms. The SMILES string of the molecule is COc1ccc(S(=O)(=O)N(CCO)CCO[C@@H]2C[C@H](c3ccc(C(F)(F)F)cc3)C=C(C(=O)NCc3ccccc3)O2)cc1. The van der Waals surface area contributed by atoms with Gasteiger partial charge in [0.05, 0.1) is 30.8 Å². The molecule has 0 saturated heterocycles. The number of benzene rings is 3. The van der Waals surface area contributed by atoms with Gasteiger partial charge < -0.3 is 24.6 Å². The van der Waals surface area contributed by atoms with Crippen LogP contribution in [0, 0.1) is 0 Å². The van der Waals surface area contributed by atoms with E-state index >= 15 is 0 Å². The van der Waals surface area contributed by atoms with Crippen LogP contribution in [-0.4, -0.2) is 63.4 Å². The second-order valence-corrected chi connectivity index (χ2v) is 11.8. The van der Waals surface area contributed by atoms with Crippen molar-refractivity contribution >= 4 is 15.9 Å². The van der Waals surface area contributed by atoms with Crippen molar-refractivity contribution in [1.29, 1.82) is 0 Å². The van der Waals surface area contributed by atoms with Gasteiger partial charge in [0.1, 0.15) is 5.75 Å². The van der Waals surface area contributed by atoms with Crippen LogP contribution in [0.4, 0.5) is 13.2 Å². The molecule has 13 heteroatoms. The molecule has 9 nitrogen and oxygen atoms in total. The van der Waals surface area contributed by atoms with Crippen LogP contribution >= 0.6 is 0 Å². The topological polar surface area (TPSA) is 114 Å². The predicted octanol–water partition coefficient (Wildman–Crippen LogP) is 4.44. The summed E-state index contributed by atoms with van der Waals surface area (Å²) in [4.78, 5) is 13.1. The number of carbonyl (C=O) groups excluding carboxylic acids is 1. The number of carbonyl (C=O) groups is 1. The first-order valence-electron chi connectivity index (χ1n) is 13.8. The number of alkyl halides is 3. The molecule has 0 fully saturated rings. The van der Waals surface area contributed by atoms with Crippen LogP contribution in [0.3, 0.4) is 0 Å². The average molecular weight is 635 g/mol. The largest absolute Gasteiger partial charge is 0.497 e. The van der Waals surface area contributed by atoms with Gasteiger partial charge in [-0.25, -0.2) is 8.42 Å². The monoisotopic (exact) mass is 634 g/mol. The second-order valence-electron chi connectivity index (χ2n) is 9.88. The van der Waals surface area contributed by atoms with Gasteiger partial charge in [0.15, 0.2) is 5.76 Å². The molecule has 236 valence electrons. The minimum Gasteiger partial charge on any atom is -0.497 e. The summed E-state index contributed by atoms with van der Waals surface area (Å²) < 4.78 is 83.7. The van der Waals surface area contributed by atoms with Crippen LogP contribution in [-0.2, 0) is 37.0 Å². The molecule has 0 bridgehead atoms. The van der Waals surface area contributed by atoms with Crippen LogP contribution in [0.5, 0.6) is 5.75 Å². The summed E-state index contributed by atoms with van der Waals surface area (Å²) in [5.41, 5.74) is 0.576. The normalized spacial score (nSPS) is 17.1. The number of aliphatic hydroxyl groups excluding tert-OH is 1. The van der Waals surface area contributed by atoms with E-state index in [1.165, 1.54) is 49.6 Å². The van der Waals surface area contributed by atoms with E-state index < -0.39 is 46.5 Å². The van der Waals surface area contributed by atoms with Gasteiger partial charge in [-0.3, -0.25) is 4.79 Å². The summed E-state index contributed by atoms with van der Waals surface area (Å²) in [5, 5.41) is 12.3. The number of hydrogen-bond acceptors (Lipinski definition) is 7. The van der Waals surface area contributed by atoms with Crippen molar-refractivity contribution in [3.63, 3.8) is 0 Å². The number of sulfonamides is 1. The minimum absolute atomic E-state index is 0.00309. The van der Waals surface area contributed by atoms with Crippen molar-refractivity contribution in [3.05, 3.63) is 107 Å². The Hall–Kier alpha value is -3.91. The van der Waals surface area contributed by atoms with Gasteiger partial charge in [-0.05, 0) is 53.6 Å². The van der Waals surface area contributed by atoms with Gasteiger partial charge in [-0.2, -0.15) is 17.5 Å². The van der Waals surface area contributed by atoms with Crippen LogP contribution in [0.2, 0.25) is 0 Å². The maximum Gasteiger partial charge on any atom is 0.416 e. The summed E-state index contributed by atoms with van der Waals surface area (Å²) in [5.74, 6) is -0.650. The molecule has 0 aliphatic carbocycles. The van der Waals surface area contributed by atoms with Crippen LogP contribution < -0.4 is 10.1 Å². The zero-order valence-electron chi connectivity index (χ0n) is 23.9. The molecular formula is C31H33F3N2O7S. The molecule has 0 saturated carbocycles. The van der Waals surface area contributed by atoms with Crippen molar-refractivity contribution in [2.75, 3.05) is 33.4 Å². The van der Waals surface area contributed by atoms with Crippen molar-refractivity contribution in [3.8, 4) is 5.75 Å². The van der Waals surface area contributed by atoms with Gasteiger partial charge in [0, 0.05) is 32.0 Å². The van der Waals surface area contributed by atoms with E-state index in [1.54, 1.807) is 0 Å². The van der Waals surface area contributed by atoms with Crippen molar-refractivity contribution < 1.29 is 45.7 Å². The Morgan fingerprint density at radius 1 is 1.02 bits per heavy atom. The number of aliphatic hydroxyl groups is 1. The minimum atomic E-state index is -4.50. The fraction of sp³-hybridized carbons (Fsp3) is 0.323. The van der Waals surface area contributed by atoms with E-state index in [9.17, 15) is 31.5 Å². The molecule has 1 aliphatic rings. The fourth-order valence-corrected chi connectivity index (χ4v) is 6.00. The first-order valence-corrected chi connectivity index (χ1v) is 15.2. The number of ether oxygens (including phenoxy) is 3. The van der Waals surface area contributed by atoms with Crippen LogP contribution in [0.15, 0.2) is 95.6 Å². The second kappa shape index (κ2) is 14.7. The van der Waals surface area contributed by atoms with E-state index in [1.807, 2.05) is 30.3 Å². The van der Waals surface area contributed by atoms with Crippen LogP contribution in [0.1, 0.15) is 29.0 Å². The Labute approximate surface area is 253 Å². The zero-order chi connectivity index (χ0) is 31.7. The molecule has 3 aromatic rings. The molecule has 2 atom stereocenters. The molecule has 4 rings (SSSR count). The summed E-state index contributed by atoms with van der Waals surface area (Å²) in [6.45, 7) is -0.696. The highest BCUT2D eigenvalue weighted by atomic mass is 32.2. The zero-order valence-corrected chi connectivity index (χ0v) is 24.7. The van der Waals surface area contributed by atoms with Gasteiger partial charge in [0.25, 0.3) is 5.91 Å². The third-order valence-electron chi connectivity index (χ3n) is 6.93. The highest BCUT2D eigenvalue weighted by molar-refractivity contribution is 7.89. The number of hydrogen-bond donors (Lipinski definition) is 2. The number of amides is 1. The highest BCUT2D eigenvalue weighted by Gasteiger charge is 2.32. The molecular weight excluding hydrogens is 601 g/mol. The number of halogens is 3. The predicted molar refractivity (Wildman–Crippen MR) is 155 cm³/mol.